The molecule has 10 rings (SSSR count). The summed E-state index contributed by atoms with van der Waals surface area (Å²) in [6.07, 6.45) is 0. The lowest BCUT2D eigenvalue weighted by Gasteiger charge is -2.27. The second kappa shape index (κ2) is 13.4. The lowest BCUT2D eigenvalue weighted by atomic mass is 9.90. The summed E-state index contributed by atoms with van der Waals surface area (Å²) in [5, 5.41) is 4.99. The van der Waals surface area contributed by atoms with Crippen molar-refractivity contribution in [1.29, 1.82) is 0 Å². The van der Waals surface area contributed by atoms with Crippen LogP contribution in [-0.2, 0) is 0 Å². The molecular formula is C52H36N2. The highest BCUT2D eigenvalue weighted by atomic mass is 15.1. The van der Waals surface area contributed by atoms with Crippen molar-refractivity contribution in [2.24, 2.45) is 0 Å². The van der Waals surface area contributed by atoms with Crippen LogP contribution in [0.3, 0.4) is 0 Å². The van der Waals surface area contributed by atoms with Crippen LogP contribution in [0.5, 0.6) is 0 Å². The largest absolute Gasteiger partial charge is 0.310 e. The summed E-state index contributed by atoms with van der Waals surface area (Å²) >= 11 is 0. The minimum atomic E-state index is 1.09. The van der Waals surface area contributed by atoms with Crippen molar-refractivity contribution in [2.75, 3.05) is 4.90 Å². The smallest absolute Gasteiger partial charge is 0.0541 e. The van der Waals surface area contributed by atoms with Gasteiger partial charge in [-0.05, 0) is 105 Å². The van der Waals surface area contributed by atoms with Gasteiger partial charge in [0.15, 0.2) is 0 Å². The zero-order valence-corrected chi connectivity index (χ0v) is 29.7. The zero-order valence-electron chi connectivity index (χ0n) is 29.7. The summed E-state index contributed by atoms with van der Waals surface area (Å²) in [5.74, 6) is 0. The van der Waals surface area contributed by atoms with Gasteiger partial charge in [-0.25, -0.2) is 0 Å². The lowest BCUT2D eigenvalue weighted by Crippen LogP contribution is -2.10. The van der Waals surface area contributed by atoms with Gasteiger partial charge in [-0.3, -0.25) is 0 Å². The summed E-state index contributed by atoms with van der Waals surface area (Å²) in [5.41, 5.74) is 14.0. The minimum Gasteiger partial charge on any atom is -0.310 e. The second-order valence-corrected chi connectivity index (χ2v) is 13.8. The topological polar surface area (TPSA) is 8.17 Å². The second-order valence-electron chi connectivity index (χ2n) is 13.8. The number of anilines is 3. The molecule has 54 heavy (non-hydrogen) atoms. The first kappa shape index (κ1) is 31.6. The molecule has 0 bridgehead atoms. The molecule has 0 fully saturated rings. The molecule has 0 radical (unpaired) electrons. The molecular weight excluding hydrogens is 653 g/mol. The van der Waals surface area contributed by atoms with Gasteiger partial charge in [0.05, 0.1) is 11.0 Å². The van der Waals surface area contributed by atoms with Gasteiger partial charge in [0.1, 0.15) is 0 Å². The number of para-hydroxylation sites is 2. The van der Waals surface area contributed by atoms with E-state index in [-0.39, 0.29) is 0 Å². The van der Waals surface area contributed by atoms with Gasteiger partial charge in [0.2, 0.25) is 0 Å². The summed E-state index contributed by atoms with van der Waals surface area (Å²) in [6.45, 7) is 0. The monoisotopic (exact) mass is 688 g/mol. The first-order valence-corrected chi connectivity index (χ1v) is 18.5. The van der Waals surface area contributed by atoms with Crippen molar-refractivity contribution in [3.05, 3.63) is 218 Å². The molecule has 0 N–H and O–H groups in total. The van der Waals surface area contributed by atoms with E-state index < -0.39 is 0 Å². The van der Waals surface area contributed by atoms with E-state index >= 15 is 0 Å². The Balaban J connectivity index is 1.16. The van der Waals surface area contributed by atoms with Gasteiger partial charge in [-0.2, -0.15) is 0 Å². The van der Waals surface area contributed by atoms with Crippen molar-refractivity contribution >= 4 is 49.6 Å². The Bertz CT molecular complexity index is 2850. The van der Waals surface area contributed by atoms with E-state index in [2.05, 4.69) is 228 Å². The van der Waals surface area contributed by atoms with E-state index in [0.717, 1.165) is 22.7 Å². The van der Waals surface area contributed by atoms with Gasteiger partial charge in [0.25, 0.3) is 0 Å². The fourth-order valence-corrected chi connectivity index (χ4v) is 8.06. The molecule has 0 aliphatic carbocycles. The van der Waals surface area contributed by atoms with Gasteiger partial charge >= 0.3 is 0 Å². The van der Waals surface area contributed by atoms with Gasteiger partial charge in [0, 0.05) is 33.5 Å². The van der Waals surface area contributed by atoms with E-state index in [4.69, 9.17) is 0 Å². The normalized spacial score (nSPS) is 11.3. The van der Waals surface area contributed by atoms with Crippen LogP contribution in [0.2, 0.25) is 0 Å². The first-order chi connectivity index (χ1) is 26.8. The molecule has 1 aromatic heterocycles. The molecule has 0 saturated carbocycles. The van der Waals surface area contributed by atoms with Crippen molar-refractivity contribution < 1.29 is 0 Å². The maximum Gasteiger partial charge on any atom is 0.0541 e. The predicted octanol–water partition coefficient (Wildman–Crippen LogP) is 14.4. The summed E-state index contributed by atoms with van der Waals surface area (Å²) in [4.78, 5) is 2.38. The van der Waals surface area contributed by atoms with Crippen LogP contribution >= 0.6 is 0 Å². The van der Waals surface area contributed by atoms with Crippen LogP contribution in [0, 0.1) is 0 Å². The summed E-state index contributed by atoms with van der Waals surface area (Å²) in [6, 6.07) is 78.9. The molecule has 2 heteroatoms. The summed E-state index contributed by atoms with van der Waals surface area (Å²) < 4.78 is 2.38. The highest BCUT2D eigenvalue weighted by Gasteiger charge is 2.19. The number of aromatic nitrogens is 1. The third-order valence-corrected chi connectivity index (χ3v) is 10.6. The molecule has 9 aromatic carbocycles. The molecule has 10 aromatic rings. The van der Waals surface area contributed by atoms with Crippen LogP contribution < -0.4 is 4.90 Å². The zero-order chi connectivity index (χ0) is 35.8. The van der Waals surface area contributed by atoms with Crippen LogP contribution in [-0.4, -0.2) is 4.57 Å². The average Bonchev–Trinajstić information content (AvgIpc) is 3.59. The van der Waals surface area contributed by atoms with Gasteiger partial charge in [-0.15, -0.1) is 0 Å². The van der Waals surface area contributed by atoms with Crippen LogP contribution in [0.15, 0.2) is 218 Å². The first-order valence-electron chi connectivity index (χ1n) is 18.5. The number of hydrogen-bond donors (Lipinski definition) is 0. The van der Waals surface area contributed by atoms with Crippen molar-refractivity contribution in [3.63, 3.8) is 0 Å². The Labute approximate surface area is 315 Å². The third-order valence-electron chi connectivity index (χ3n) is 10.6. The molecule has 0 aliphatic heterocycles. The average molecular weight is 689 g/mol. The number of nitrogens with zero attached hydrogens (tertiary/aromatic N) is 2. The molecule has 0 saturated heterocycles. The molecule has 1 heterocycles. The number of fused-ring (bicyclic) bond motifs is 4. The third kappa shape index (κ3) is 5.53. The number of hydrogen-bond acceptors (Lipinski definition) is 1. The maximum atomic E-state index is 2.38. The van der Waals surface area contributed by atoms with E-state index in [1.807, 2.05) is 0 Å². The van der Waals surface area contributed by atoms with E-state index in [0.29, 0.717) is 0 Å². The van der Waals surface area contributed by atoms with E-state index in [1.54, 1.807) is 0 Å². The summed E-state index contributed by atoms with van der Waals surface area (Å²) in [7, 11) is 0. The van der Waals surface area contributed by atoms with Crippen molar-refractivity contribution in [3.8, 4) is 39.1 Å². The van der Waals surface area contributed by atoms with Gasteiger partial charge < -0.3 is 9.47 Å². The molecule has 2 nitrogen and oxygen atoms in total. The molecule has 254 valence electrons. The molecule has 0 aliphatic rings. The number of rotatable bonds is 7. The van der Waals surface area contributed by atoms with Crippen LogP contribution in [0.4, 0.5) is 17.1 Å². The molecule has 0 unspecified atom stereocenters. The standard InChI is InChI=1S/C52H36N2/c1-3-14-37(15-4-1)38-26-28-41(29-27-38)53(42-30-32-43(33-31-42)54-51-24-11-9-21-48(51)49-22-10-12-25-52(49)54)44-34-35-46(39-16-5-2-6-17-39)50(36-44)47-23-13-19-40-18-7-8-20-45(40)47/h1-36H. The molecule has 0 atom stereocenters. The van der Waals surface area contributed by atoms with Gasteiger partial charge in [-0.1, -0.05) is 158 Å². The minimum absolute atomic E-state index is 1.09. The Morgan fingerprint density at radius 2 is 0.796 bits per heavy atom. The van der Waals surface area contributed by atoms with Crippen LogP contribution in [0.1, 0.15) is 0 Å². The molecule has 0 spiro atoms. The van der Waals surface area contributed by atoms with E-state index in [1.165, 1.54) is 66.0 Å². The fourth-order valence-electron chi connectivity index (χ4n) is 8.06. The number of benzene rings is 9. The molecule has 0 amide bonds. The van der Waals surface area contributed by atoms with Crippen LogP contribution in [0.25, 0.3) is 71.6 Å². The Kier molecular flexibility index (Phi) is 7.85. The van der Waals surface area contributed by atoms with E-state index in [9.17, 15) is 0 Å². The fraction of sp³-hybridized carbons (Fsp3) is 0. The lowest BCUT2D eigenvalue weighted by molar-refractivity contribution is 1.17. The highest BCUT2D eigenvalue weighted by Crippen LogP contribution is 2.43. The highest BCUT2D eigenvalue weighted by molar-refractivity contribution is 6.09. The Hall–Kier alpha value is -7.16. The van der Waals surface area contributed by atoms with Crippen molar-refractivity contribution in [2.45, 2.75) is 0 Å². The Morgan fingerprint density at radius 1 is 0.296 bits per heavy atom. The predicted molar refractivity (Wildman–Crippen MR) is 229 cm³/mol. The van der Waals surface area contributed by atoms with Crippen molar-refractivity contribution in [1.82, 2.24) is 4.57 Å². The SMILES string of the molecule is c1ccc(-c2ccc(N(c3ccc(-n4c5ccccc5c5ccccc54)cc3)c3ccc(-c4ccccc4)c(-c4cccc5ccccc45)c3)cc2)cc1. The quantitative estimate of drug-likeness (QED) is 0.162. The maximum absolute atomic E-state index is 2.38. The Morgan fingerprint density at radius 3 is 1.46 bits per heavy atom.